The summed E-state index contributed by atoms with van der Waals surface area (Å²) in [5.74, 6) is -0.844. The number of nitrogens with one attached hydrogen (secondary N) is 1. The molecule has 0 aromatic heterocycles. The highest BCUT2D eigenvalue weighted by Crippen LogP contribution is 2.11. The number of hydrogen-bond donors (Lipinski definition) is 3. The Bertz CT molecular complexity index is 582. The van der Waals surface area contributed by atoms with Crippen LogP contribution in [0.2, 0.25) is 0 Å². The zero-order valence-corrected chi connectivity index (χ0v) is 13.4. The van der Waals surface area contributed by atoms with Crippen molar-refractivity contribution in [2.75, 3.05) is 0 Å². The maximum absolute atomic E-state index is 11.9. The van der Waals surface area contributed by atoms with Gasteiger partial charge in [0.1, 0.15) is 5.75 Å². The summed E-state index contributed by atoms with van der Waals surface area (Å²) in [5, 5.41) is 11.6. The average Bonchev–Trinajstić information content (AvgIpc) is 2.47. The second-order valence-electron chi connectivity index (χ2n) is 4.46. The van der Waals surface area contributed by atoms with Gasteiger partial charge >= 0.3 is 3.72 Å². The molecular formula is C13H15IN4O3. The number of ketones is 1. The number of halogens is 1. The number of nitrogens with two attached hydrogens (primary N) is 1. The average molecular weight is 402 g/mol. The molecule has 1 amide bonds. The molecule has 0 aliphatic heterocycles. The molecule has 0 fully saturated rings. The van der Waals surface area contributed by atoms with Crippen LogP contribution in [0.3, 0.4) is 0 Å². The first kappa shape index (κ1) is 17.3. The molecule has 8 heteroatoms. The van der Waals surface area contributed by atoms with Crippen molar-refractivity contribution in [1.82, 2.24) is 5.32 Å². The fourth-order valence-electron chi connectivity index (χ4n) is 1.59. The van der Waals surface area contributed by atoms with Crippen LogP contribution in [0.5, 0.6) is 5.75 Å². The topological polar surface area (TPSA) is 129 Å². The van der Waals surface area contributed by atoms with Gasteiger partial charge in [0, 0.05) is 0 Å². The second-order valence-corrected chi connectivity index (χ2v) is 5.48. The van der Waals surface area contributed by atoms with E-state index in [9.17, 15) is 14.7 Å². The summed E-state index contributed by atoms with van der Waals surface area (Å²) in [4.78, 5) is 26.3. The predicted octanol–water partition coefficient (Wildman–Crippen LogP) is 0.399. The summed E-state index contributed by atoms with van der Waals surface area (Å²) < 4.78 is -0.118. The summed E-state index contributed by atoms with van der Waals surface area (Å²) in [6, 6.07) is 4.69. The van der Waals surface area contributed by atoms with Crippen LogP contribution >= 0.6 is 22.6 Å². The molecule has 21 heavy (non-hydrogen) atoms. The van der Waals surface area contributed by atoms with Crippen molar-refractivity contribution in [2.45, 2.75) is 25.4 Å². The van der Waals surface area contributed by atoms with Crippen molar-refractivity contribution in [3.8, 4) is 5.75 Å². The van der Waals surface area contributed by atoms with E-state index < -0.39 is 23.8 Å². The van der Waals surface area contributed by atoms with Crippen molar-refractivity contribution in [3.63, 3.8) is 0 Å². The van der Waals surface area contributed by atoms with Crippen LogP contribution in [0, 0.1) is 0 Å². The third-order valence-corrected chi connectivity index (χ3v) is 3.52. The molecule has 4 N–H and O–H groups in total. The van der Waals surface area contributed by atoms with Gasteiger partial charge in [-0.15, -0.1) is 0 Å². The molecule has 112 valence electrons. The first-order chi connectivity index (χ1) is 9.85. The van der Waals surface area contributed by atoms with Gasteiger partial charge in [0.05, 0.1) is 34.7 Å². The van der Waals surface area contributed by atoms with E-state index >= 15 is 0 Å². The van der Waals surface area contributed by atoms with Gasteiger partial charge in [0.2, 0.25) is 5.91 Å². The zero-order chi connectivity index (χ0) is 16.0. The van der Waals surface area contributed by atoms with Crippen molar-refractivity contribution >= 4 is 38.0 Å². The summed E-state index contributed by atoms with van der Waals surface area (Å²) in [5.41, 5.74) is 15.1. The van der Waals surface area contributed by atoms with E-state index in [4.69, 9.17) is 11.3 Å². The van der Waals surface area contributed by atoms with Gasteiger partial charge in [-0.3, -0.25) is 9.59 Å². The largest absolute Gasteiger partial charge is 0.508 e. The molecule has 1 aromatic carbocycles. The minimum Gasteiger partial charge on any atom is -0.508 e. The molecule has 0 saturated heterocycles. The molecule has 0 aliphatic rings. The van der Waals surface area contributed by atoms with E-state index in [0.717, 1.165) is 5.56 Å². The van der Waals surface area contributed by atoms with Gasteiger partial charge in [0.15, 0.2) is 0 Å². The number of Topliss-reactive ketones (excluding diaryl/α,β-unsaturated/α-hetero) is 1. The van der Waals surface area contributed by atoms with Gasteiger partial charge in [-0.1, -0.05) is 12.1 Å². The third-order valence-electron chi connectivity index (χ3n) is 2.77. The summed E-state index contributed by atoms with van der Waals surface area (Å²) in [6.07, 6.45) is 0.276. The Labute approximate surface area is 135 Å². The molecular weight excluding hydrogens is 387 g/mol. The fourth-order valence-corrected chi connectivity index (χ4v) is 2.06. The highest BCUT2D eigenvalue weighted by molar-refractivity contribution is 14.1. The predicted molar refractivity (Wildman–Crippen MR) is 85.0 cm³/mol. The minimum atomic E-state index is -0.828. The Balaban J connectivity index is 2.60. The number of phenols is 1. The molecule has 7 nitrogen and oxygen atoms in total. The number of hydrogen-bond acceptors (Lipinski definition) is 4. The van der Waals surface area contributed by atoms with E-state index in [1.165, 1.54) is 19.1 Å². The Hall–Kier alpha value is -1.77. The summed E-state index contributed by atoms with van der Waals surface area (Å²) in [7, 11) is 0. The number of phenolic OH excluding ortho intramolecular Hbond substituents is 1. The normalized spacial score (nSPS) is 12.9. The monoisotopic (exact) mass is 402 g/mol. The molecule has 0 aliphatic carbocycles. The number of rotatable bonds is 6. The van der Waals surface area contributed by atoms with Crippen LogP contribution in [0.1, 0.15) is 12.5 Å². The van der Waals surface area contributed by atoms with Crippen LogP contribution < -0.4 is 11.1 Å². The Kier molecular flexibility index (Phi) is 6.47. The number of amides is 1. The zero-order valence-electron chi connectivity index (χ0n) is 11.3. The second kappa shape index (κ2) is 7.87. The molecule has 0 saturated carbocycles. The van der Waals surface area contributed by atoms with Crippen molar-refractivity contribution in [3.05, 3.63) is 35.4 Å². The van der Waals surface area contributed by atoms with E-state index in [0.29, 0.717) is 0 Å². The van der Waals surface area contributed by atoms with Gasteiger partial charge in [0.25, 0.3) is 5.78 Å². The fraction of sp³-hybridized carbons (Fsp3) is 0.308. The number of nitrogens with zero attached hydrogens (tertiary/aromatic N) is 2. The SMILES string of the molecule is C[C@H](NC(=O)[C@@H](N)Cc1ccc(O)cc1)C(=O)C(I)=[N+]=[N-]. The van der Waals surface area contributed by atoms with Crippen molar-refractivity contribution < 1.29 is 19.5 Å². The van der Waals surface area contributed by atoms with Crippen molar-refractivity contribution in [1.29, 1.82) is 0 Å². The molecule has 0 radical (unpaired) electrons. The number of carbonyl (C=O) groups is 2. The molecule has 0 bridgehead atoms. The lowest BCUT2D eigenvalue weighted by molar-refractivity contribution is -0.126. The summed E-state index contributed by atoms with van der Waals surface area (Å²) >= 11 is 1.58. The lowest BCUT2D eigenvalue weighted by Crippen LogP contribution is -2.49. The van der Waals surface area contributed by atoms with Crippen LogP contribution in [0.15, 0.2) is 24.3 Å². The van der Waals surface area contributed by atoms with Crippen LogP contribution in [-0.4, -0.2) is 37.4 Å². The van der Waals surface area contributed by atoms with Gasteiger partial charge in [-0.25, -0.2) is 0 Å². The molecule has 1 rings (SSSR count). The smallest absolute Gasteiger partial charge is 0.393 e. The van der Waals surface area contributed by atoms with E-state index in [2.05, 4.69) is 10.1 Å². The van der Waals surface area contributed by atoms with Crippen LogP contribution in [0.4, 0.5) is 0 Å². The molecule has 1 aromatic rings. The Morgan fingerprint density at radius 3 is 2.52 bits per heavy atom. The molecule has 0 heterocycles. The lowest BCUT2D eigenvalue weighted by Gasteiger charge is -2.15. The summed E-state index contributed by atoms with van der Waals surface area (Å²) in [6.45, 7) is 1.48. The number of aromatic hydroxyl groups is 1. The number of carbonyl (C=O) groups excluding carboxylic acids is 2. The maximum Gasteiger partial charge on any atom is 0.393 e. The first-order valence-corrected chi connectivity index (χ1v) is 7.18. The van der Waals surface area contributed by atoms with Crippen LogP contribution in [0.25, 0.3) is 5.53 Å². The van der Waals surface area contributed by atoms with Gasteiger partial charge < -0.3 is 21.7 Å². The number of benzene rings is 1. The van der Waals surface area contributed by atoms with Crippen molar-refractivity contribution in [2.24, 2.45) is 5.73 Å². The highest BCUT2D eigenvalue weighted by atomic mass is 127. The van der Waals surface area contributed by atoms with Crippen LogP contribution in [-0.2, 0) is 16.0 Å². The minimum absolute atomic E-state index is 0.118. The van der Waals surface area contributed by atoms with Gasteiger partial charge in [-0.05, 0) is 31.0 Å². The van der Waals surface area contributed by atoms with E-state index in [-0.39, 0.29) is 15.9 Å². The van der Waals surface area contributed by atoms with E-state index in [1.807, 2.05) is 0 Å². The molecule has 2 atom stereocenters. The lowest BCUT2D eigenvalue weighted by atomic mass is 10.1. The van der Waals surface area contributed by atoms with Gasteiger partial charge in [-0.2, -0.15) is 4.79 Å². The Morgan fingerprint density at radius 2 is 2.00 bits per heavy atom. The quantitative estimate of drug-likeness (QED) is 0.275. The highest BCUT2D eigenvalue weighted by Gasteiger charge is 2.26. The Morgan fingerprint density at radius 1 is 1.43 bits per heavy atom. The standard InChI is InChI=1S/C13H15IN4O3/c1-7(11(20)12(14)18-16)17-13(21)10(15)6-8-2-4-9(19)5-3-8/h2-5,7,10,19H,6,15H2,1H3,(H,17,21)/t7-,10-/m0/s1. The molecule has 0 unspecified atom stereocenters. The third kappa shape index (κ3) is 5.25. The van der Waals surface area contributed by atoms with E-state index in [1.54, 1.807) is 34.7 Å². The maximum atomic E-state index is 11.9. The molecule has 0 spiro atoms. The first-order valence-electron chi connectivity index (χ1n) is 6.10.